The molecule has 1 atom stereocenters. The Kier molecular flexibility index (Phi) is 7.06. The van der Waals surface area contributed by atoms with Crippen molar-refractivity contribution in [2.75, 3.05) is 16.4 Å². The van der Waals surface area contributed by atoms with E-state index in [4.69, 9.17) is 0 Å². The summed E-state index contributed by atoms with van der Waals surface area (Å²) in [6.45, 7) is 5.82. The smallest absolute Gasteiger partial charge is 0.239 e. The van der Waals surface area contributed by atoms with Gasteiger partial charge in [-0.1, -0.05) is 47.5 Å². The Morgan fingerprint density at radius 1 is 1.00 bits per heavy atom. The lowest BCUT2D eigenvalue weighted by molar-refractivity contribution is -0.115. The zero-order valence-electron chi connectivity index (χ0n) is 16.6. The molecule has 2 aromatic carbocycles. The van der Waals surface area contributed by atoms with Crippen molar-refractivity contribution in [3.63, 3.8) is 0 Å². The average molecular weight is 426 g/mol. The van der Waals surface area contributed by atoms with E-state index in [1.807, 2.05) is 67.8 Å². The molecule has 0 saturated heterocycles. The molecule has 0 aliphatic carbocycles. The fourth-order valence-electron chi connectivity index (χ4n) is 2.51. The van der Waals surface area contributed by atoms with Gasteiger partial charge in [0, 0.05) is 16.6 Å². The predicted octanol–water partition coefficient (Wildman–Crippen LogP) is 5.13. The second-order valence-corrected chi connectivity index (χ2v) is 8.95. The van der Waals surface area contributed by atoms with Gasteiger partial charge in [-0.25, -0.2) is 4.98 Å². The first kappa shape index (κ1) is 21.1. The van der Waals surface area contributed by atoms with E-state index in [-0.39, 0.29) is 22.8 Å². The topological polar surface area (TPSA) is 71.1 Å². The van der Waals surface area contributed by atoms with Gasteiger partial charge in [0.1, 0.15) is 0 Å². The van der Waals surface area contributed by atoms with Crippen molar-refractivity contribution in [3.8, 4) is 11.3 Å². The van der Waals surface area contributed by atoms with Gasteiger partial charge in [0.15, 0.2) is 5.13 Å². The second-order valence-electron chi connectivity index (χ2n) is 6.76. The molecule has 0 fully saturated rings. The van der Waals surface area contributed by atoms with Crippen LogP contribution in [0.4, 0.5) is 10.8 Å². The fraction of sp³-hybridized carbons (Fsp3) is 0.227. The van der Waals surface area contributed by atoms with Crippen LogP contribution >= 0.6 is 23.1 Å². The van der Waals surface area contributed by atoms with Crippen LogP contribution in [0.15, 0.2) is 53.9 Å². The summed E-state index contributed by atoms with van der Waals surface area (Å²) in [6, 6.07) is 15.7. The fourth-order valence-corrected chi connectivity index (χ4v) is 3.91. The van der Waals surface area contributed by atoms with Crippen molar-refractivity contribution in [3.05, 3.63) is 65.0 Å². The van der Waals surface area contributed by atoms with Crippen LogP contribution in [0.5, 0.6) is 0 Å². The van der Waals surface area contributed by atoms with Crippen molar-refractivity contribution >= 4 is 45.7 Å². The summed E-state index contributed by atoms with van der Waals surface area (Å²) in [4.78, 5) is 29.0. The number of benzene rings is 2. The van der Waals surface area contributed by atoms with Crippen LogP contribution < -0.4 is 10.6 Å². The number of hydrogen-bond acceptors (Lipinski definition) is 5. The Balaban J connectivity index is 1.48. The molecular formula is C22H23N3O2S2. The van der Waals surface area contributed by atoms with E-state index in [1.54, 1.807) is 6.92 Å². The molecule has 1 aromatic heterocycles. The molecule has 0 aliphatic heterocycles. The lowest BCUT2D eigenvalue weighted by Gasteiger charge is -2.11. The zero-order chi connectivity index (χ0) is 20.8. The van der Waals surface area contributed by atoms with Crippen LogP contribution in [0, 0.1) is 13.8 Å². The van der Waals surface area contributed by atoms with E-state index in [0.29, 0.717) is 5.13 Å². The van der Waals surface area contributed by atoms with Gasteiger partial charge in [0.05, 0.1) is 16.7 Å². The van der Waals surface area contributed by atoms with E-state index in [1.165, 1.54) is 28.7 Å². The van der Waals surface area contributed by atoms with Crippen LogP contribution in [0.2, 0.25) is 0 Å². The number of hydrogen-bond donors (Lipinski definition) is 2. The Labute approximate surface area is 179 Å². The third-order valence-corrected chi connectivity index (χ3v) is 6.15. The molecule has 3 rings (SSSR count). The second kappa shape index (κ2) is 9.71. The number of thioether (sulfide) groups is 1. The monoisotopic (exact) mass is 425 g/mol. The summed E-state index contributed by atoms with van der Waals surface area (Å²) in [5.41, 5.74) is 4.93. The number of aryl methyl sites for hydroxylation is 2. The normalized spacial score (nSPS) is 11.7. The lowest BCUT2D eigenvalue weighted by Crippen LogP contribution is -2.25. The first-order valence-electron chi connectivity index (χ1n) is 9.22. The first-order valence-corrected chi connectivity index (χ1v) is 11.1. The summed E-state index contributed by atoms with van der Waals surface area (Å²) in [6.07, 6.45) is 0. The quantitative estimate of drug-likeness (QED) is 0.551. The van der Waals surface area contributed by atoms with Crippen LogP contribution in [0.3, 0.4) is 0 Å². The molecule has 2 amide bonds. The van der Waals surface area contributed by atoms with Crippen molar-refractivity contribution in [1.82, 2.24) is 4.98 Å². The molecule has 1 unspecified atom stereocenters. The van der Waals surface area contributed by atoms with Crippen LogP contribution in [0.25, 0.3) is 11.3 Å². The Bertz CT molecular complexity index is 982. The minimum atomic E-state index is -0.370. The third-order valence-electron chi connectivity index (χ3n) is 4.25. The number of thiazole rings is 1. The van der Waals surface area contributed by atoms with Gasteiger partial charge in [-0.05, 0) is 32.9 Å². The molecule has 0 aliphatic rings. The molecule has 7 heteroatoms. The largest absolute Gasteiger partial charge is 0.325 e. The highest BCUT2D eigenvalue weighted by molar-refractivity contribution is 8.01. The van der Waals surface area contributed by atoms with Crippen LogP contribution in [-0.2, 0) is 9.59 Å². The number of carbonyl (C=O) groups is 2. The predicted molar refractivity (Wildman–Crippen MR) is 123 cm³/mol. The average Bonchev–Trinajstić information content (AvgIpc) is 3.17. The maximum atomic E-state index is 12.4. The molecule has 150 valence electrons. The summed E-state index contributed by atoms with van der Waals surface area (Å²) >= 11 is 2.68. The molecule has 0 saturated carbocycles. The van der Waals surface area contributed by atoms with Crippen molar-refractivity contribution < 1.29 is 9.59 Å². The Morgan fingerprint density at radius 2 is 1.62 bits per heavy atom. The van der Waals surface area contributed by atoms with Gasteiger partial charge >= 0.3 is 0 Å². The standard InChI is InChI=1S/C22H23N3O2S2/c1-14-4-8-17(9-5-14)19-12-29-22(24-19)25-21(27)16(3)28-13-20(26)23-18-10-6-15(2)7-11-18/h4-12,16H,13H2,1-3H3,(H,23,26)(H,24,25,27). The third kappa shape index (κ3) is 6.17. The maximum Gasteiger partial charge on any atom is 0.239 e. The van der Waals surface area contributed by atoms with Crippen molar-refractivity contribution in [1.29, 1.82) is 0 Å². The number of rotatable bonds is 7. The Morgan fingerprint density at radius 3 is 2.28 bits per heavy atom. The number of nitrogens with zero attached hydrogens (tertiary/aromatic N) is 1. The summed E-state index contributed by atoms with van der Waals surface area (Å²) in [5.74, 6) is -0.0908. The minimum absolute atomic E-state index is 0.130. The molecular weight excluding hydrogens is 402 g/mol. The highest BCUT2D eigenvalue weighted by Crippen LogP contribution is 2.26. The van der Waals surface area contributed by atoms with Crippen molar-refractivity contribution in [2.24, 2.45) is 0 Å². The maximum absolute atomic E-state index is 12.4. The number of anilines is 2. The molecule has 29 heavy (non-hydrogen) atoms. The number of aromatic nitrogens is 1. The zero-order valence-corrected chi connectivity index (χ0v) is 18.2. The number of amides is 2. The minimum Gasteiger partial charge on any atom is -0.325 e. The number of carbonyl (C=O) groups excluding carboxylic acids is 2. The van der Waals surface area contributed by atoms with Crippen LogP contribution in [-0.4, -0.2) is 27.8 Å². The Hall–Kier alpha value is -2.64. The van der Waals surface area contributed by atoms with Gasteiger partial charge in [-0.2, -0.15) is 0 Å². The molecule has 2 N–H and O–H groups in total. The molecule has 3 aromatic rings. The van der Waals surface area contributed by atoms with Gasteiger partial charge in [0.2, 0.25) is 11.8 Å². The van der Waals surface area contributed by atoms with Crippen molar-refractivity contribution in [2.45, 2.75) is 26.0 Å². The van der Waals surface area contributed by atoms with E-state index in [0.717, 1.165) is 22.5 Å². The van der Waals surface area contributed by atoms with Gasteiger partial charge in [0.25, 0.3) is 0 Å². The van der Waals surface area contributed by atoms with Gasteiger partial charge in [-0.3, -0.25) is 9.59 Å². The van der Waals surface area contributed by atoms with E-state index < -0.39 is 0 Å². The molecule has 1 heterocycles. The summed E-state index contributed by atoms with van der Waals surface area (Å²) in [5, 5.41) is 7.79. The molecule has 5 nitrogen and oxygen atoms in total. The van der Waals surface area contributed by atoms with Gasteiger partial charge in [-0.15, -0.1) is 23.1 Å². The SMILES string of the molecule is Cc1ccc(NC(=O)CSC(C)C(=O)Nc2nc(-c3ccc(C)cc3)cs2)cc1. The molecule has 0 bridgehead atoms. The van der Waals surface area contributed by atoms with E-state index in [9.17, 15) is 9.59 Å². The van der Waals surface area contributed by atoms with E-state index in [2.05, 4.69) is 15.6 Å². The van der Waals surface area contributed by atoms with Gasteiger partial charge < -0.3 is 10.6 Å². The highest BCUT2D eigenvalue weighted by atomic mass is 32.2. The lowest BCUT2D eigenvalue weighted by atomic mass is 10.1. The highest BCUT2D eigenvalue weighted by Gasteiger charge is 2.17. The molecule has 0 spiro atoms. The van der Waals surface area contributed by atoms with Crippen LogP contribution in [0.1, 0.15) is 18.1 Å². The number of nitrogens with one attached hydrogen (secondary N) is 2. The molecule has 0 radical (unpaired) electrons. The summed E-state index contributed by atoms with van der Waals surface area (Å²) < 4.78 is 0. The van der Waals surface area contributed by atoms with E-state index >= 15 is 0 Å². The first-order chi connectivity index (χ1) is 13.9. The summed E-state index contributed by atoms with van der Waals surface area (Å²) in [7, 11) is 0.